The first kappa shape index (κ1) is 11.7. The first-order valence-corrected chi connectivity index (χ1v) is 8.37. The molecule has 0 bridgehead atoms. The van der Waals surface area contributed by atoms with Crippen LogP contribution in [0.1, 0.15) is 5.76 Å². The Balaban J connectivity index is 2.20. The number of hydrogen-bond donors (Lipinski definition) is 0. The maximum absolute atomic E-state index is 5.81. The van der Waals surface area contributed by atoms with Crippen LogP contribution >= 0.6 is 0 Å². The molecule has 3 nitrogen and oxygen atoms in total. The Morgan fingerprint density at radius 3 is 2.65 bits per heavy atom. The van der Waals surface area contributed by atoms with Crippen LogP contribution in [0.15, 0.2) is 52.1 Å². The van der Waals surface area contributed by atoms with Gasteiger partial charge in [-0.1, -0.05) is 12.1 Å². The normalized spacial score (nSPS) is 11.2. The minimum atomic E-state index is -1.11. The average Bonchev–Trinajstić information content (AvgIpc) is 2.80. The molecule has 1 heterocycles. The number of hydrogen-bond acceptors (Lipinski definition) is 3. The highest BCUT2D eigenvalue weighted by atomic mass is 28.3. The van der Waals surface area contributed by atoms with Gasteiger partial charge in [-0.15, -0.1) is 0 Å². The van der Waals surface area contributed by atoms with Crippen LogP contribution in [0.4, 0.5) is 5.69 Å². The summed E-state index contributed by atoms with van der Waals surface area (Å²) in [5.41, 5.74) is 0.838. The van der Waals surface area contributed by atoms with Gasteiger partial charge in [-0.05, 0) is 37.4 Å². The summed E-state index contributed by atoms with van der Waals surface area (Å²) in [6, 6.07) is 11.5. The van der Waals surface area contributed by atoms with Crippen molar-refractivity contribution in [3.8, 4) is 5.75 Å². The molecule has 0 unspecified atom stereocenters. The number of para-hydroxylation sites is 2. The minimum absolute atomic E-state index is 0.738. The summed E-state index contributed by atoms with van der Waals surface area (Å²) in [7, 11) is -1.11. The van der Waals surface area contributed by atoms with Crippen molar-refractivity contribution in [2.24, 2.45) is 4.99 Å². The van der Waals surface area contributed by atoms with E-state index in [9.17, 15) is 0 Å². The summed E-state index contributed by atoms with van der Waals surface area (Å²) in [5.74, 6) is 1.58. The van der Waals surface area contributed by atoms with Gasteiger partial charge in [-0.2, -0.15) is 0 Å². The largest absolute Gasteiger partial charge is 0.546 e. The van der Waals surface area contributed by atoms with Gasteiger partial charge < -0.3 is 8.84 Å². The predicted molar refractivity (Wildman–Crippen MR) is 71.9 cm³/mol. The van der Waals surface area contributed by atoms with Gasteiger partial charge >= 0.3 is 0 Å². The molecule has 0 aliphatic carbocycles. The van der Waals surface area contributed by atoms with Crippen molar-refractivity contribution in [2.45, 2.75) is 13.1 Å². The SMILES string of the molecule is C[SiH](C)Oc1ccccc1N=Cc1ccco1. The molecule has 2 rings (SSSR count). The van der Waals surface area contributed by atoms with Crippen LogP contribution in [0.25, 0.3) is 0 Å². The summed E-state index contributed by atoms with van der Waals surface area (Å²) in [6.07, 6.45) is 3.33. The Morgan fingerprint density at radius 2 is 2.00 bits per heavy atom. The predicted octanol–water partition coefficient (Wildman–Crippen LogP) is 3.39. The lowest BCUT2D eigenvalue weighted by Gasteiger charge is -2.10. The smallest absolute Gasteiger partial charge is 0.229 e. The third-order valence-electron chi connectivity index (χ3n) is 2.10. The van der Waals surface area contributed by atoms with Crippen LogP contribution in [0.5, 0.6) is 5.75 Å². The van der Waals surface area contributed by atoms with Crippen molar-refractivity contribution in [3.63, 3.8) is 0 Å². The van der Waals surface area contributed by atoms with Gasteiger partial charge in [0.15, 0.2) is 0 Å². The fourth-order valence-electron chi connectivity index (χ4n) is 1.42. The Morgan fingerprint density at radius 1 is 1.18 bits per heavy atom. The lowest BCUT2D eigenvalue weighted by Crippen LogP contribution is -2.11. The molecule has 0 atom stereocenters. The van der Waals surface area contributed by atoms with Crippen LogP contribution in [0.2, 0.25) is 13.1 Å². The van der Waals surface area contributed by atoms with Gasteiger partial charge in [-0.25, -0.2) is 4.99 Å². The quantitative estimate of drug-likeness (QED) is 0.611. The first-order chi connectivity index (χ1) is 8.25. The molecule has 0 saturated heterocycles. The Labute approximate surface area is 102 Å². The van der Waals surface area contributed by atoms with E-state index in [2.05, 4.69) is 18.1 Å². The summed E-state index contributed by atoms with van der Waals surface area (Å²) in [4.78, 5) is 4.38. The van der Waals surface area contributed by atoms with Crippen LogP contribution in [0.3, 0.4) is 0 Å². The second kappa shape index (κ2) is 5.50. The van der Waals surface area contributed by atoms with E-state index in [0.29, 0.717) is 0 Å². The van der Waals surface area contributed by atoms with Crippen molar-refractivity contribution >= 4 is 20.9 Å². The zero-order valence-electron chi connectivity index (χ0n) is 9.96. The van der Waals surface area contributed by atoms with E-state index >= 15 is 0 Å². The monoisotopic (exact) mass is 245 g/mol. The number of rotatable bonds is 4. The van der Waals surface area contributed by atoms with Gasteiger partial charge in [0, 0.05) is 0 Å². The molecule has 1 aromatic heterocycles. The van der Waals surface area contributed by atoms with E-state index in [0.717, 1.165) is 17.2 Å². The Hall–Kier alpha value is -1.81. The van der Waals surface area contributed by atoms with Crippen molar-refractivity contribution < 1.29 is 8.84 Å². The first-order valence-electron chi connectivity index (χ1n) is 5.59. The molecule has 1 aromatic carbocycles. The molecule has 0 radical (unpaired) electrons. The Bertz CT molecular complexity index is 492. The second-order valence-corrected chi connectivity index (χ2v) is 6.24. The molecule has 0 aliphatic rings. The average molecular weight is 245 g/mol. The molecule has 0 spiro atoms. The van der Waals surface area contributed by atoms with E-state index in [1.165, 1.54) is 0 Å². The fourth-order valence-corrected chi connectivity index (χ4v) is 2.12. The van der Waals surface area contributed by atoms with Crippen LogP contribution in [-0.2, 0) is 0 Å². The lowest BCUT2D eigenvalue weighted by atomic mass is 10.3. The zero-order valence-corrected chi connectivity index (χ0v) is 11.1. The molecule has 17 heavy (non-hydrogen) atoms. The molecule has 0 N–H and O–H groups in total. The topological polar surface area (TPSA) is 34.7 Å². The fraction of sp³-hybridized carbons (Fsp3) is 0.154. The van der Waals surface area contributed by atoms with Crippen molar-refractivity contribution in [2.75, 3.05) is 0 Å². The molecule has 0 amide bonds. The van der Waals surface area contributed by atoms with E-state index in [-0.39, 0.29) is 0 Å². The molecule has 4 heteroatoms. The van der Waals surface area contributed by atoms with Crippen molar-refractivity contribution in [1.29, 1.82) is 0 Å². The number of benzene rings is 1. The number of aliphatic imine (C=N–C) groups is 1. The lowest BCUT2D eigenvalue weighted by molar-refractivity contribution is 0.560. The van der Waals surface area contributed by atoms with Gasteiger partial charge in [0.2, 0.25) is 9.04 Å². The molecular weight excluding hydrogens is 230 g/mol. The van der Waals surface area contributed by atoms with Crippen LogP contribution in [0, 0.1) is 0 Å². The van der Waals surface area contributed by atoms with E-state index in [1.807, 2.05) is 36.4 Å². The Kier molecular flexibility index (Phi) is 3.77. The maximum Gasteiger partial charge on any atom is 0.229 e. The summed E-state index contributed by atoms with van der Waals surface area (Å²) in [5, 5.41) is 0. The van der Waals surface area contributed by atoms with E-state index < -0.39 is 9.04 Å². The van der Waals surface area contributed by atoms with E-state index in [1.54, 1.807) is 12.5 Å². The minimum Gasteiger partial charge on any atom is -0.546 e. The summed E-state index contributed by atoms with van der Waals surface area (Å²) in [6.45, 7) is 4.26. The number of nitrogens with zero attached hydrogens (tertiary/aromatic N) is 1. The van der Waals surface area contributed by atoms with Crippen molar-refractivity contribution in [1.82, 2.24) is 0 Å². The van der Waals surface area contributed by atoms with Gasteiger partial charge in [0.25, 0.3) is 0 Å². The molecule has 88 valence electrons. The highest BCUT2D eigenvalue weighted by Gasteiger charge is 2.03. The van der Waals surface area contributed by atoms with Crippen LogP contribution in [-0.4, -0.2) is 15.3 Å². The highest BCUT2D eigenvalue weighted by molar-refractivity contribution is 6.49. The van der Waals surface area contributed by atoms with Crippen molar-refractivity contribution in [3.05, 3.63) is 48.4 Å². The summed E-state index contributed by atoms with van der Waals surface area (Å²) >= 11 is 0. The van der Waals surface area contributed by atoms with Gasteiger partial charge in [0.1, 0.15) is 17.2 Å². The molecular formula is C13H15NO2Si. The van der Waals surface area contributed by atoms with Crippen LogP contribution < -0.4 is 4.43 Å². The molecule has 0 saturated carbocycles. The third-order valence-corrected chi connectivity index (χ3v) is 2.83. The number of furan rings is 1. The summed E-state index contributed by atoms with van der Waals surface area (Å²) < 4.78 is 11.0. The van der Waals surface area contributed by atoms with Gasteiger partial charge in [-0.3, -0.25) is 0 Å². The maximum atomic E-state index is 5.81. The standard InChI is InChI=1S/C13H15NO2Si/c1-17(2)16-13-8-4-3-7-12(13)14-10-11-6-5-9-15-11/h3-10,17H,1-2H3. The molecule has 2 aromatic rings. The third kappa shape index (κ3) is 3.32. The second-order valence-electron chi connectivity index (χ2n) is 3.91. The van der Waals surface area contributed by atoms with Gasteiger partial charge in [0.05, 0.1) is 12.5 Å². The molecule has 0 fully saturated rings. The highest BCUT2D eigenvalue weighted by Crippen LogP contribution is 2.27. The zero-order chi connectivity index (χ0) is 12.1. The van der Waals surface area contributed by atoms with E-state index in [4.69, 9.17) is 8.84 Å². The molecule has 0 aliphatic heterocycles.